The number of unbranched alkanes of at least 4 members (excludes halogenated alkanes) is 8. The maximum absolute atomic E-state index is 2.58. The molecule has 21 heavy (non-hydrogen) atoms. The SMILES string of the molecule is CCCCCCCCCC1N(CC)C=CN1CCCCC. The Balaban J connectivity index is 2.18. The van der Waals surface area contributed by atoms with Crippen molar-refractivity contribution in [1.82, 2.24) is 9.80 Å². The smallest absolute Gasteiger partial charge is 0.101 e. The quantitative estimate of drug-likeness (QED) is 0.399. The van der Waals surface area contributed by atoms with Crippen LogP contribution in [0.5, 0.6) is 0 Å². The molecule has 1 atom stereocenters. The predicted molar refractivity (Wildman–Crippen MR) is 94.1 cm³/mol. The van der Waals surface area contributed by atoms with Gasteiger partial charge in [0, 0.05) is 25.5 Å². The minimum absolute atomic E-state index is 0.641. The van der Waals surface area contributed by atoms with Crippen LogP contribution in [0, 0.1) is 0 Å². The van der Waals surface area contributed by atoms with Crippen LogP contribution in [0.15, 0.2) is 12.4 Å². The minimum atomic E-state index is 0.641. The summed E-state index contributed by atoms with van der Waals surface area (Å²) in [7, 11) is 0. The summed E-state index contributed by atoms with van der Waals surface area (Å²) in [5.41, 5.74) is 0. The molecule has 0 fully saturated rings. The fourth-order valence-corrected chi connectivity index (χ4v) is 3.26. The van der Waals surface area contributed by atoms with Gasteiger partial charge in [0.2, 0.25) is 0 Å². The van der Waals surface area contributed by atoms with Crippen molar-refractivity contribution in [3.63, 3.8) is 0 Å². The summed E-state index contributed by atoms with van der Waals surface area (Å²) in [5, 5.41) is 0. The van der Waals surface area contributed by atoms with Crippen molar-refractivity contribution >= 4 is 0 Å². The summed E-state index contributed by atoms with van der Waals surface area (Å²) in [4.78, 5) is 5.10. The average molecular weight is 295 g/mol. The molecular weight excluding hydrogens is 256 g/mol. The van der Waals surface area contributed by atoms with Gasteiger partial charge in [-0.05, 0) is 26.2 Å². The van der Waals surface area contributed by atoms with Crippen LogP contribution in [0.1, 0.15) is 91.4 Å². The molecule has 1 rings (SSSR count). The van der Waals surface area contributed by atoms with Crippen LogP contribution in [0.3, 0.4) is 0 Å². The van der Waals surface area contributed by atoms with Crippen molar-refractivity contribution in [2.45, 2.75) is 97.6 Å². The van der Waals surface area contributed by atoms with E-state index >= 15 is 0 Å². The number of hydrogen-bond acceptors (Lipinski definition) is 2. The lowest BCUT2D eigenvalue weighted by molar-refractivity contribution is 0.142. The Labute approximate surface area is 133 Å². The Morgan fingerprint density at radius 2 is 1.24 bits per heavy atom. The fraction of sp³-hybridized carbons (Fsp3) is 0.895. The van der Waals surface area contributed by atoms with Gasteiger partial charge >= 0.3 is 0 Å². The van der Waals surface area contributed by atoms with Crippen molar-refractivity contribution in [3.8, 4) is 0 Å². The van der Waals surface area contributed by atoms with E-state index < -0.39 is 0 Å². The van der Waals surface area contributed by atoms with Gasteiger partial charge < -0.3 is 9.80 Å². The molecule has 0 saturated carbocycles. The lowest BCUT2D eigenvalue weighted by atomic mass is 10.1. The first-order chi connectivity index (χ1) is 10.3. The van der Waals surface area contributed by atoms with Gasteiger partial charge in [0.15, 0.2) is 0 Å². The van der Waals surface area contributed by atoms with Crippen LogP contribution in [0.25, 0.3) is 0 Å². The molecule has 124 valence electrons. The van der Waals surface area contributed by atoms with Crippen LogP contribution in [-0.2, 0) is 0 Å². The van der Waals surface area contributed by atoms with Crippen LogP contribution < -0.4 is 0 Å². The van der Waals surface area contributed by atoms with Gasteiger partial charge in [-0.1, -0.05) is 65.2 Å². The Bertz CT molecular complexity index is 262. The monoisotopic (exact) mass is 294 g/mol. The summed E-state index contributed by atoms with van der Waals surface area (Å²) in [6.07, 6.45) is 20.5. The Kier molecular flexibility index (Phi) is 10.5. The highest BCUT2D eigenvalue weighted by Gasteiger charge is 2.23. The first-order valence-electron chi connectivity index (χ1n) is 9.53. The zero-order chi connectivity index (χ0) is 15.3. The lowest BCUT2D eigenvalue weighted by Crippen LogP contribution is -2.38. The van der Waals surface area contributed by atoms with Gasteiger partial charge in [0.1, 0.15) is 6.17 Å². The summed E-state index contributed by atoms with van der Waals surface area (Å²) >= 11 is 0. The van der Waals surface area contributed by atoms with Gasteiger partial charge in [-0.3, -0.25) is 0 Å². The molecule has 0 N–H and O–H groups in total. The zero-order valence-electron chi connectivity index (χ0n) is 14.8. The molecule has 0 saturated heterocycles. The molecule has 1 aliphatic rings. The molecular formula is C19H38N2. The van der Waals surface area contributed by atoms with Crippen LogP contribution in [0.4, 0.5) is 0 Å². The fourth-order valence-electron chi connectivity index (χ4n) is 3.26. The highest BCUT2D eigenvalue weighted by atomic mass is 15.4. The van der Waals surface area contributed by atoms with Gasteiger partial charge in [-0.15, -0.1) is 0 Å². The largest absolute Gasteiger partial charge is 0.356 e. The van der Waals surface area contributed by atoms with E-state index in [-0.39, 0.29) is 0 Å². The summed E-state index contributed by atoms with van der Waals surface area (Å²) in [6, 6.07) is 0. The zero-order valence-corrected chi connectivity index (χ0v) is 14.8. The molecule has 2 nitrogen and oxygen atoms in total. The number of hydrogen-bond donors (Lipinski definition) is 0. The molecule has 0 spiro atoms. The van der Waals surface area contributed by atoms with Crippen molar-refractivity contribution in [2.75, 3.05) is 13.1 Å². The summed E-state index contributed by atoms with van der Waals surface area (Å²) in [5.74, 6) is 0. The molecule has 1 heterocycles. The van der Waals surface area contributed by atoms with Gasteiger partial charge in [-0.25, -0.2) is 0 Å². The van der Waals surface area contributed by atoms with Crippen LogP contribution >= 0.6 is 0 Å². The molecule has 0 aromatic rings. The summed E-state index contributed by atoms with van der Waals surface area (Å²) < 4.78 is 0. The van der Waals surface area contributed by atoms with Gasteiger partial charge in [0.25, 0.3) is 0 Å². The first-order valence-corrected chi connectivity index (χ1v) is 9.53. The Morgan fingerprint density at radius 3 is 1.90 bits per heavy atom. The average Bonchev–Trinajstić information content (AvgIpc) is 2.89. The minimum Gasteiger partial charge on any atom is -0.356 e. The molecule has 0 amide bonds. The van der Waals surface area contributed by atoms with Crippen LogP contribution in [-0.4, -0.2) is 29.1 Å². The highest BCUT2D eigenvalue weighted by Crippen LogP contribution is 2.22. The standard InChI is InChI=1S/C19H38N2/c1-4-7-9-10-11-12-13-15-19-20(6-3)17-18-21(19)16-14-8-5-2/h17-19H,4-16H2,1-3H3. The van der Waals surface area contributed by atoms with Crippen molar-refractivity contribution in [1.29, 1.82) is 0 Å². The van der Waals surface area contributed by atoms with Gasteiger partial charge in [0.05, 0.1) is 0 Å². The lowest BCUT2D eigenvalue weighted by Gasteiger charge is -2.32. The normalized spacial score (nSPS) is 18.0. The summed E-state index contributed by atoms with van der Waals surface area (Å²) in [6.45, 7) is 9.23. The van der Waals surface area contributed by atoms with E-state index in [0.717, 1.165) is 6.54 Å². The van der Waals surface area contributed by atoms with Crippen molar-refractivity contribution < 1.29 is 0 Å². The first kappa shape index (κ1) is 18.4. The number of rotatable bonds is 13. The van der Waals surface area contributed by atoms with E-state index in [9.17, 15) is 0 Å². The molecule has 0 bridgehead atoms. The highest BCUT2D eigenvalue weighted by molar-refractivity contribution is 4.96. The molecule has 0 aliphatic carbocycles. The maximum Gasteiger partial charge on any atom is 0.101 e. The van der Waals surface area contributed by atoms with E-state index in [1.54, 1.807) is 0 Å². The Hall–Kier alpha value is -0.660. The van der Waals surface area contributed by atoms with Crippen molar-refractivity contribution in [3.05, 3.63) is 12.4 Å². The molecule has 2 heteroatoms. The third-order valence-electron chi connectivity index (χ3n) is 4.67. The topological polar surface area (TPSA) is 6.48 Å². The van der Waals surface area contributed by atoms with E-state index in [1.165, 1.54) is 77.2 Å². The van der Waals surface area contributed by atoms with Gasteiger partial charge in [-0.2, -0.15) is 0 Å². The third-order valence-corrected chi connectivity index (χ3v) is 4.67. The van der Waals surface area contributed by atoms with E-state index in [4.69, 9.17) is 0 Å². The van der Waals surface area contributed by atoms with Crippen LogP contribution in [0.2, 0.25) is 0 Å². The van der Waals surface area contributed by atoms with E-state index in [2.05, 4.69) is 43.0 Å². The maximum atomic E-state index is 2.58. The molecule has 1 aliphatic heterocycles. The third kappa shape index (κ3) is 7.24. The van der Waals surface area contributed by atoms with Crippen molar-refractivity contribution in [2.24, 2.45) is 0 Å². The second-order valence-corrected chi connectivity index (χ2v) is 6.46. The molecule has 0 aromatic heterocycles. The Morgan fingerprint density at radius 1 is 0.667 bits per heavy atom. The second-order valence-electron chi connectivity index (χ2n) is 6.46. The number of nitrogens with zero attached hydrogens (tertiary/aromatic N) is 2. The van der Waals surface area contributed by atoms with E-state index in [1.807, 2.05) is 0 Å². The predicted octanol–water partition coefficient (Wildman–Crippen LogP) is 5.75. The molecule has 0 radical (unpaired) electrons. The van der Waals surface area contributed by atoms with E-state index in [0.29, 0.717) is 6.17 Å². The molecule has 0 aromatic carbocycles. The molecule has 1 unspecified atom stereocenters. The second kappa shape index (κ2) is 11.9.